The van der Waals surface area contributed by atoms with Gasteiger partial charge in [0.2, 0.25) is 0 Å². The van der Waals surface area contributed by atoms with Crippen molar-refractivity contribution in [2.75, 3.05) is 0 Å². The molecule has 0 aromatic heterocycles. The highest BCUT2D eigenvalue weighted by molar-refractivity contribution is 9.10. The first-order valence-corrected chi connectivity index (χ1v) is 7.10. The summed E-state index contributed by atoms with van der Waals surface area (Å²) in [6.45, 7) is 1.83. The van der Waals surface area contributed by atoms with E-state index in [1.54, 1.807) is 24.3 Å². The summed E-state index contributed by atoms with van der Waals surface area (Å²) < 4.78 is 0.960. The van der Waals surface area contributed by atoms with Gasteiger partial charge in [0.15, 0.2) is 0 Å². The van der Waals surface area contributed by atoms with Gasteiger partial charge >= 0.3 is 0 Å². The van der Waals surface area contributed by atoms with Gasteiger partial charge in [0, 0.05) is 4.47 Å². The lowest BCUT2D eigenvalue weighted by Crippen LogP contribution is -2.19. The lowest BCUT2D eigenvalue weighted by Gasteiger charge is -2.04. The van der Waals surface area contributed by atoms with Crippen LogP contribution in [0.25, 0.3) is 0 Å². The first-order chi connectivity index (χ1) is 9.58. The van der Waals surface area contributed by atoms with E-state index >= 15 is 0 Å². The van der Waals surface area contributed by atoms with Crippen molar-refractivity contribution in [3.63, 3.8) is 0 Å². The lowest BCUT2D eigenvalue weighted by atomic mass is 10.1. The maximum absolute atomic E-state index is 12.0. The molecule has 1 amide bonds. The van der Waals surface area contributed by atoms with E-state index in [4.69, 9.17) is 11.6 Å². The summed E-state index contributed by atoms with van der Waals surface area (Å²) in [4.78, 5) is 12.0. The third kappa shape index (κ3) is 3.68. The minimum absolute atomic E-state index is 0.329. The SMILES string of the molecule is C/C(=N\NC(=O)c1ccccc1Cl)c1cccc(Br)c1. The highest BCUT2D eigenvalue weighted by atomic mass is 79.9. The average molecular weight is 352 g/mol. The van der Waals surface area contributed by atoms with Crippen molar-refractivity contribution in [3.05, 3.63) is 69.2 Å². The van der Waals surface area contributed by atoms with Crippen molar-refractivity contribution in [2.24, 2.45) is 5.10 Å². The number of halogens is 2. The molecule has 3 nitrogen and oxygen atoms in total. The number of nitrogens with one attached hydrogen (secondary N) is 1. The molecule has 0 radical (unpaired) electrons. The monoisotopic (exact) mass is 350 g/mol. The third-order valence-electron chi connectivity index (χ3n) is 2.69. The Balaban J connectivity index is 2.13. The normalized spacial score (nSPS) is 11.2. The number of nitrogens with zero attached hydrogens (tertiary/aromatic N) is 1. The van der Waals surface area contributed by atoms with E-state index < -0.39 is 0 Å². The van der Waals surface area contributed by atoms with E-state index in [0.717, 1.165) is 10.0 Å². The molecule has 0 heterocycles. The van der Waals surface area contributed by atoms with Crippen molar-refractivity contribution in [3.8, 4) is 0 Å². The lowest BCUT2D eigenvalue weighted by molar-refractivity contribution is 0.0955. The zero-order chi connectivity index (χ0) is 14.5. The van der Waals surface area contributed by atoms with Gasteiger partial charge < -0.3 is 0 Å². The average Bonchev–Trinajstić information content (AvgIpc) is 2.45. The number of hydrazone groups is 1. The predicted molar refractivity (Wildman–Crippen MR) is 85.3 cm³/mol. The summed E-state index contributed by atoms with van der Waals surface area (Å²) in [5.74, 6) is -0.329. The van der Waals surface area contributed by atoms with Crippen LogP contribution in [0.3, 0.4) is 0 Å². The number of benzene rings is 2. The highest BCUT2D eigenvalue weighted by Gasteiger charge is 2.08. The van der Waals surface area contributed by atoms with Gasteiger partial charge in [-0.15, -0.1) is 0 Å². The van der Waals surface area contributed by atoms with E-state index in [-0.39, 0.29) is 5.91 Å². The third-order valence-corrected chi connectivity index (χ3v) is 3.51. The van der Waals surface area contributed by atoms with Gasteiger partial charge in [0.1, 0.15) is 0 Å². The molecule has 0 aliphatic carbocycles. The van der Waals surface area contributed by atoms with E-state index in [1.807, 2.05) is 31.2 Å². The Morgan fingerprint density at radius 3 is 2.65 bits per heavy atom. The number of carbonyl (C=O) groups excluding carboxylic acids is 1. The molecular weight excluding hydrogens is 340 g/mol. The van der Waals surface area contributed by atoms with Crippen LogP contribution >= 0.6 is 27.5 Å². The Kier molecular flexibility index (Phi) is 4.93. The topological polar surface area (TPSA) is 41.5 Å². The van der Waals surface area contributed by atoms with Crippen molar-refractivity contribution < 1.29 is 4.79 Å². The first kappa shape index (κ1) is 14.8. The van der Waals surface area contributed by atoms with Crippen LogP contribution < -0.4 is 5.43 Å². The Morgan fingerprint density at radius 1 is 1.20 bits per heavy atom. The second kappa shape index (κ2) is 6.68. The molecule has 0 fully saturated rings. The van der Waals surface area contributed by atoms with Gasteiger partial charge in [-0.3, -0.25) is 4.79 Å². The number of hydrogen-bond donors (Lipinski definition) is 1. The minimum Gasteiger partial charge on any atom is -0.267 e. The number of hydrogen-bond acceptors (Lipinski definition) is 2. The molecule has 0 atom stereocenters. The fourth-order valence-corrected chi connectivity index (χ4v) is 2.24. The molecule has 0 spiro atoms. The summed E-state index contributed by atoms with van der Waals surface area (Å²) in [6.07, 6.45) is 0. The Morgan fingerprint density at radius 2 is 1.95 bits per heavy atom. The molecule has 0 aliphatic heterocycles. The van der Waals surface area contributed by atoms with Gasteiger partial charge in [-0.1, -0.05) is 51.8 Å². The number of carbonyl (C=O) groups is 1. The van der Waals surface area contributed by atoms with Crippen molar-refractivity contribution in [1.82, 2.24) is 5.43 Å². The highest BCUT2D eigenvalue weighted by Crippen LogP contribution is 2.15. The van der Waals surface area contributed by atoms with Crippen LogP contribution in [-0.2, 0) is 0 Å². The van der Waals surface area contributed by atoms with Crippen LogP contribution in [0, 0.1) is 0 Å². The van der Waals surface area contributed by atoms with Crippen molar-refractivity contribution in [1.29, 1.82) is 0 Å². The summed E-state index contributed by atoms with van der Waals surface area (Å²) in [6, 6.07) is 14.5. The minimum atomic E-state index is -0.329. The van der Waals surface area contributed by atoms with Crippen LogP contribution in [0.2, 0.25) is 5.02 Å². The summed E-state index contributed by atoms with van der Waals surface area (Å²) in [5.41, 5.74) is 4.55. The fraction of sp³-hybridized carbons (Fsp3) is 0.0667. The van der Waals surface area contributed by atoms with Gasteiger partial charge in [0.25, 0.3) is 5.91 Å². The molecule has 20 heavy (non-hydrogen) atoms. The van der Waals surface area contributed by atoms with E-state index in [0.29, 0.717) is 16.3 Å². The van der Waals surface area contributed by atoms with Crippen LogP contribution in [0.5, 0.6) is 0 Å². The molecule has 0 bridgehead atoms. The molecular formula is C15H12BrClN2O. The summed E-state index contributed by atoms with van der Waals surface area (Å²) >= 11 is 9.35. The van der Waals surface area contributed by atoms with Crippen molar-refractivity contribution >= 4 is 39.1 Å². The maximum Gasteiger partial charge on any atom is 0.272 e. The molecule has 2 aromatic carbocycles. The van der Waals surface area contributed by atoms with E-state index in [1.165, 1.54) is 0 Å². The van der Waals surface area contributed by atoms with Gasteiger partial charge in [0.05, 0.1) is 16.3 Å². The van der Waals surface area contributed by atoms with Gasteiger partial charge in [-0.25, -0.2) is 5.43 Å². The fourth-order valence-electron chi connectivity index (χ4n) is 1.62. The zero-order valence-electron chi connectivity index (χ0n) is 10.7. The quantitative estimate of drug-likeness (QED) is 0.651. The molecule has 0 aliphatic rings. The van der Waals surface area contributed by atoms with Crippen molar-refractivity contribution in [2.45, 2.75) is 6.92 Å². The van der Waals surface area contributed by atoms with E-state index in [9.17, 15) is 4.79 Å². The molecule has 2 rings (SSSR count). The first-order valence-electron chi connectivity index (χ1n) is 5.93. The number of rotatable bonds is 3. The van der Waals surface area contributed by atoms with Crippen LogP contribution in [-0.4, -0.2) is 11.6 Å². The summed E-state index contributed by atoms with van der Waals surface area (Å²) in [7, 11) is 0. The van der Waals surface area contributed by atoms with Gasteiger partial charge in [-0.2, -0.15) is 5.10 Å². The molecule has 0 unspecified atom stereocenters. The smallest absolute Gasteiger partial charge is 0.267 e. The number of amides is 1. The standard InChI is InChI=1S/C15H12BrClN2O/c1-10(11-5-4-6-12(16)9-11)18-19-15(20)13-7-2-3-8-14(13)17/h2-9H,1H3,(H,19,20)/b18-10+. The summed E-state index contributed by atoms with van der Waals surface area (Å²) in [5, 5.41) is 4.49. The Hall–Kier alpha value is -1.65. The predicted octanol–water partition coefficient (Wildman–Crippen LogP) is 4.26. The Bertz CT molecular complexity index is 670. The molecule has 2 aromatic rings. The van der Waals surface area contributed by atoms with Crippen LogP contribution in [0.1, 0.15) is 22.8 Å². The second-order valence-electron chi connectivity index (χ2n) is 4.13. The van der Waals surface area contributed by atoms with Gasteiger partial charge in [-0.05, 0) is 36.8 Å². The van der Waals surface area contributed by atoms with Crippen LogP contribution in [0.15, 0.2) is 58.1 Å². The zero-order valence-corrected chi connectivity index (χ0v) is 13.1. The molecule has 0 saturated carbocycles. The molecule has 5 heteroatoms. The molecule has 1 N–H and O–H groups in total. The largest absolute Gasteiger partial charge is 0.272 e. The van der Waals surface area contributed by atoms with E-state index in [2.05, 4.69) is 26.5 Å². The van der Waals surface area contributed by atoms with Crippen LogP contribution in [0.4, 0.5) is 0 Å². The molecule has 102 valence electrons. The molecule has 0 saturated heterocycles. The Labute approximate surface area is 130 Å². The second-order valence-corrected chi connectivity index (χ2v) is 5.45. The maximum atomic E-state index is 12.0.